The highest BCUT2D eigenvalue weighted by Gasteiger charge is 2.34. The summed E-state index contributed by atoms with van der Waals surface area (Å²) in [5, 5.41) is 11.5. The van der Waals surface area contributed by atoms with Crippen LogP contribution in [0.1, 0.15) is 28.7 Å². The third-order valence-corrected chi connectivity index (χ3v) is 3.83. The van der Waals surface area contributed by atoms with Gasteiger partial charge in [0.25, 0.3) is 0 Å². The van der Waals surface area contributed by atoms with Crippen molar-refractivity contribution in [2.24, 2.45) is 0 Å². The molecule has 6 nitrogen and oxygen atoms in total. The molecule has 0 bridgehead atoms. The summed E-state index contributed by atoms with van der Waals surface area (Å²) >= 11 is 0. The number of alkyl halides is 3. The van der Waals surface area contributed by atoms with Gasteiger partial charge >= 0.3 is 6.18 Å². The second-order valence-electron chi connectivity index (χ2n) is 5.76. The Morgan fingerprint density at radius 1 is 1.12 bits per heavy atom. The van der Waals surface area contributed by atoms with Crippen LogP contribution in [0.5, 0.6) is 5.75 Å². The summed E-state index contributed by atoms with van der Waals surface area (Å²) in [7, 11) is 1.60. The molecule has 0 atom stereocenters. The first kappa shape index (κ1) is 18.0. The number of benzene rings is 1. The molecular weight excluding hydrogens is 349 g/mol. The first-order chi connectivity index (χ1) is 12.3. The molecule has 9 heteroatoms. The summed E-state index contributed by atoms with van der Waals surface area (Å²) in [6, 6.07) is 8.49. The largest absolute Gasteiger partial charge is 0.497 e. The third-order valence-electron chi connectivity index (χ3n) is 3.83. The van der Waals surface area contributed by atoms with Crippen molar-refractivity contribution in [3.8, 4) is 5.75 Å². The smallest absolute Gasteiger partial charge is 0.435 e. The number of hydrogen-bond donors (Lipinski definition) is 0. The van der Waals surface area contributed by atoms with Gasteiger partial charge in [0, 0.05) is 18.7 Å². The monoisotopic (exact) mass is 366 g/mol. The maximum atomic E-state index is 12.7. The van der Waals surface area contributed by atoms with Crippen LogP contribution < -0.4 is 4.74 Å². The van der Waals surface area contributed by atoms with Gasteiger partial charge < -0.3 is 9.15 Å². The van der Waals surface area contributed by atoms with E-state index < -0.39 is 11.9 Å². The Kier molecular flexibility index (Phi) is 4.97. The van der Waals surface area contributed by atoms with Crippen molar-refractivity contribution in [2.45, 2.75) is 32.5 Å². The van der Waals surface area contributed by atoms with E-state index in [2.05, 4.69) is 15.3 Å². The number of halogens is 3. The SMILES string of the molecule is COc1ccc(Cc2nnc(CCn3nc(C(F)(F)F)cc3C)o2)cc1. The van der Waals surface area contributed by atoms with Gasteiger partial charge in [-0.25, -0.2) is 0 Å². The predicted octanol–water partition coefficient (Wildman–Crippen LogP) is 3.44. The van der Waals surface area contributed by atoms with Crippen molar-refractivity contribution in [2.75, 3.05) is 7.11 Å². The van der Waals surface area contributed by atoms with E-state index in [1.165, 1.54) is 4.68 Å². The molecule has 0 aliphatic rings. The zero-order valence-electron chi connectivity index (χ0n) is 14.2. The quantitative estimate of drug-likeness (QED) is 0.669. The van der Waals surface area contributed by atoms with Crippen molar-refractivity contribution >= 4 is 0 Å². The summed E-state index contributed by atoms with van der Waals surface area (Å²) in [4.78, 5) is 0. The van der Waals surface area contributed by atoms with Gasteiger partial charge in [0.15, 0.2) is 5.69 Å². The topological polar surface area (TPSA) is 66.0 Å². The van der Waals surface area contributed by atoms with Crippen LogP contribution in [0.25, 0.3) is 0 Å². The van der Waals surface area contributed by atoms with E-state index in [1.54, 1.807) is 14.0 Å². The van der Waals surface area contributed by atoms with Crippen LogP contribution >= 0.6 is 0 Å². The minimum atomic E-state index is -4.45. The molecule has 0 fully saturated rings. The average molecular weight is 366 g/mol. The van der Waals surface area contributed by atoms with E-state index in [4.69, 9.17) is 9.15 Å². The van der Waals surface area contributed by atoms with Crippen LogP contribution in [0.15, 0.2) is 34.7 Å². The Balaban J connectivity index is 1.61. The fourth-order valence-electron chi connectivity index (χ4n) is 2.46. The van der Waals surface area contributed by atoms with E-state index in [0.717, 1.165) is 17.4 Å². The lowest BCUT2D eigenvalue weighted by molar-refractivity contribution is -0.141. The zero-order valence-corrected chi connectivity index (χ0v) is 14.2. The molecule has 0 aliphatic carbocycles. The minimum absolute atomic E-state index is 0.228. The molecule has 0 unspecified atom stereocenters. The Morgan fingerprint density at radius 3 is 2.42 bits per heavy atom. The van der Waals surface area contributed by atoms with Crippen LogP contribution in [0.4, 0.5) is 13.2 Å². The number of hydrogen-bond acceptors (Lipinski definition) is 5. The lowest BCUT2D eigenvalue weighted by Gasteiger charge is -2.02. The highest BCUT2D eigenvalue weighted by atomic mass is 19.4. The van der Waals surface area contributed by atoms with Gasteiger partial charge in [-0.1, -0.05) is 12.1 Å². The van der Waals surface area contributed by atoms with Crippen LogP contribution in [-0.2, 0) is 25.6 Å². The number of ether oxygens (including phenoxy) is 1. The lowest BCUT2D eigenvalue weighted by atomic mass is 10.1. The summed E-state index contributed by atoms with van der Waals surface area (Å²) < 4.78 is 50.0. The molecule has 0 amide bonds. The molecule has 138 valence electrons. The summed E-state index contributed by atoms with van der Waals surface area (Å²) in [6.07, 6.45) is -3.68. The second-order valence-corrected chi connectivity index (χ2v) is 5.76. The minimum Gasteiger partial charge on any atom is -0.497 e. The number of aromatic nitrogens is 4. The number of nitrogens with zero attached hydrogens (tertiary/aromatic N) is 4. The molecule has 0 saturated carbocycles. The first-order valence-electron chi connectivity index (χ1n) is 7.91. The van der Waals surface area contributed by atoms with Crippen molar-refractivity contribution in [3.05, 3.63) is 59.1 Å². The number of aryl methyl sites for hydroxylation is 3. The van der Waals surface area contributed by atoms with E-state index in [0.29, 0.717) is 30.3 Å². The first-order valence-corrected chi connectivity index (χ1v) is 7.91. The molecule has 0 spiro atoms. The molecule has 0 N–H and O–H groups in total. The maximum Gasteiger partial charge on any atom is 0.435 e. The van der Waals surface area contributed by atoms with Crippen LogP contribution in [0, 0.1) is 6.92 Å². The highest BCUT2D eigenvalue weighted by Crippen LogP contribution is 2.28. The Labute approximate surface area is 147 Å². The van der Waals surface area contributed by atoms with Gasteiger partial charge in [-0.2, -0.15) is 18.3 Å². The molecule has 3 aromatic rings. The second kappa shape index (κ2) is 7.19. The molecule has 1 aromatic carbocycles. The number of methoxy groups -OCH3 is 1. The fourth-order valence-corrected chi connectivity index (χ4v) is 2.46. The standard InChI is InChI=1S/C17H17F3N4O2/c1-11-9-14(17(18,19)20)23-24(11)8-7-15-21-22-16(26-15)10-12-3-5-13(25-2)6-4-12/h3-6,9H,7-8,10H2,1-2H3. The molecule has 3 rings (SSSR count). The Hall–Kier alpha value is -2.84. The molecule has 26 heavy (non-hydrogen) atoms. The lowest BCUT2D eigenvalue weighted by Crippen LogP contribution is -2.09. The normalized spacial score (nSPS) is 11.7. The van der Waals surface area contributed by atoms with Crippen molar-refractivity contribution in [1.82, 2.24) is 20.0 Å². The molecule has 0 aliphatic heterocycles. The van der Waals surface area contributed by atoms with E-state index in [1.807, 2.05) is 24.3 Å². The molecule has 0 radical (unpaired) electrons. The van der Waals surface area contributed by atoms with Crippen molar-refractivity contribution in [1.29, 1.82) is 0 Å². The summed E-state index contributed by atoms with van der Waals surface area (Å²) in [6.45, 7) is 1.80. The zero-order chi connectivity index (χ0) is 18.7. The molecule has 2 aromatic heterocycles. The van der Waals surface area contributed by atoms with Gasteiger partial charge in [0.05, 0.1) is 13.5 Å². The van der Waals surface area contributed by atoms with Crippen LogP contribution in [0.3, 0.4) is 0 Å². The van der Waals surface area contributed by atoms with Gasteiger partial charge in [-0.3, -0.25) is 4.68 Å². The van der Waals surface area contributed by atoms with E-state index in [-0.39, 0.29) is 6.54 Å². The third kappa shape index (κ3) is 4.22. The fraction of sp³-hybridized carbons (Fsp3) is 0.353. The average Bonchev–Trinajstić information content (AvgIpc) is 3.20. The van der Waals surface area contributed by atoms with Crippen LogP contribution in [-0.4, -0.2) is 27.1 Å². The Bertz CT molecular complexity index is 869. The highest BCUT2D eigenvalue weighted by molar-refractivity contribution is 5.28. The van der Waals surface area contributed by atoms with Gasteiger partial charge in [0.1, 0.15) is 5.75 Å². The molecule has 2 heterocycles. The van der Waals surface area contributed by atoms with E-state index in [9.17, 15) is 13.2 Å². The summed E-state index contributed by atoms with van der Waals surface area (Å²) in [5.41, 5.74) is 0.509. The number of rotatable bonds is 6. The van der Waals surface area contributed by atoms with Crippen molar-refractivity contribution in [3.63, 3.8) is 0 Å². The van der Waals surface area contributed by atoms with Crippen LogP contribution in [0.2, 0.25) is 0 Å². The van der Waals surface area contributed by atoms with Gasteiger partial charge in [-0.15, -0.1) is 10.2 Å². The van der Waals surface area contributed by atoms with E-state index >= 15 is 0 Å². The van der Waals surface area contributed by atoms with Gasteiger partial charge in [-0.05, 0) is 30.7 Å². The molecule has 0 saturated heterocycles. The summed E-state index contributed by atoms with van der Waals surface area (Å²) in [5.74, 6) is 1.56. The van der Waals surface area contributed by atoms with Crippen molar-refractivity contribution < 1.29 is 22.3 Å². The maximum absolute atomic E-state index is 12.7. The Morgan fingerprint density at radius 2 is 1.81 bits per heavy atom. The molecular formula is C17H17F3N4O2. The predicted molar refractivity (Wildman–Crippen MR) is 85.8 cm³/mol. The van der Waals surface area contributed by atoms with Gasteiger partial charge in [0.2, 0.25) is 11.8 Å².